The molecule has 0 radical (unpaired) electrons. The Hall–Kier alpha value is -2.15. The molecule has 25 heavy (non-hydrogen) atoms. The van der Waals surface area contributed by atoms with Crippen LogP contribution in [0.5, 0.6) is 0 Å². The highest BCUT2D eigenvalue weighted by molar-refractivity contribution is 5.94. The summed E-state index contributed by atoms with van der Waals surface area (Å²) in [6, 6.07) is 8.34. The normalized spacial score (nSPS) is 33.5. The van der Waals surface area contributed by atoms with Gasteiger partial charge in [0.25, 0.3) is 0 Å². The molecule has 5 rings (SSSR count). The van der Waals surface area contributed by atoms with Gasteiger partial charge in [-0.1, -0.05) is 0 Å². The van der Waals surface area contributed by atoms with Crippen LogP contribution in [0.1, 0.15) is 61.4 Å². The van der Waals surface area contributed by atoms with Gasteiger partial charge in [-0.2, -0.15) is 5.26 Å². The minimum Gasteiger partial charge on any atom is -0.451 e. The average Bonchev–Trinajstić information content (AvgIpc) is 2.60. The second-order valence-corrected chi connectivity index (χ2v) is 8.30. The molecule has 4 saturated carbocycles. The van der Waals surface area contributed by atoms with Crippen LogP contribution in [0.3, 0.4) is 0 Å². The minimum atomic E-state index is -0.709. The van der Waals surface area contributed by atoms with E-state index in [9.17, 15) is 9.59 Å². The first-order valence-electron chi connectivity index (χ1n) is 9.24. The molecule has 4 aliphatic rings. The molecule has 1 aromatic carbocycles. The maximum atomic E-state index is 13.1. The summed E-state index contributed by atoms with van der Waals surface area (Å²) < 4.78 is 5.49. The number of carbonyl (C=O) groups is 2. The monoisotopic (exact) mass is 337 g/mol. The van der Waals surface area contributed by atoms with Crippen LogP contribution < -0.4 is 0 Å². The first-order valence-corrected chi connectivity index (χ1v) is 9.24. The van der Waals surface area contributed by atoms with Gasteiger partial charge in [-0.25, -0.2) is 4.79 Å². The van der Waals surface area contributed by atoms with Crippen molar-refractivity contribution in [1.82, 2.24) is 0 Å². The maximum Gasteiger partial charge on any atom is 0.338 e. The number of hydrogen-bond acceptors (Lipinski definition) is 4. The van der Waals surface area contributed by atoms with E-state index < -0.39 is 12.1 Å². The molecule has 1 aromatic rings. The molecule has 0 heterocycles. The molecule has 4 aliphatic carbocycles. The third-order valence-corrected chi connectivity index (χ3v) is 6.46. The number of ketones is 1. The summed E-state index contributed by atoms with van der Waals surface area (Å²) in [5.41, 5.74) is 0.623. The fourth-order valence-electron chi connectivity index (χ4n) is 5.81. The smallest absolute Gasteiger partial charge is 0.338 e. The van der Waals surface area contributed by atoms with Crippen molar-refractivity contribution in [2.45, 2.75) is 51.6 Å². The van der Waals surface area contributed by atoms with Crippen molar-refractivity contribution in [3.8, 4) is 6.07 Å². The molecule has 0 saturated heterocycles. The highest BCUT2D eigenvalue weighted by atomic mass is 16.5. The fourth-order valence-corrected chi connectivity index (χ4v) is 5.81. The summed E-state index contributed by atoms with van der Waals surface area (Å²) in [6.07, 6.45) is 6.09. The summed E-state index contributed by atoms with van der Waals surface area (Å²) >= 11 is 0. The molecule has 130 valence electrons. The number of rotatable bonds is 4. The van der Waals surface area contributed by atoms with Gasteiger partial charge in [0.15, 0.2) is 11.9 Å². The predicted octanol–water partition coefficient (Wildman–Crippen LogP) is 3.89. The van der Waals surface area contributed by atoms with Crippen LogP contribution >= 0.6 is 0 Å². The van der Waals surface area contributed by atoms with E-state index in [1.54, 1.807) is 31.2 Å². The molecule has 0 amide bonds. The van der Waals surface area contributed by atoms with Gasteiger partial charge in [0.2, 0.25) is 0 Å². The van der Waals surface area contributed by atoms with Gasteiger partial charge in [0, 0.05) is 5.41 Å². The van der Waals surface area contributed by atoms with Crippen LogP contribution in [-0.4, -0.2) is 17.9 Å². The van der Waals surface area contributed by atoms with Crippen molar-refractivity contribution >= 4 is 11.8 Å². The lowest BCUT2D eigenvalue weighted by Crippen LogP contribution is -2.52. The molecule has 4 fully saturated rings. The van der Waals surface area contributed by atoms with Crippen LogP contribution in [0, 0.1) is 34.5 Å². The molecule has 4 bridgehead atoms. The van der Waals surface area contributed by atoms with E-state index >= 15 is 0 Å². The molecule has 4 heteroatoms. The number of hydrogen-bond donors (Lipinski definition) is 0. The summed E-state index contributed by atoms with van der Waals surface area (Å²) in [5.74, 6) is 1.70. The zero-order valence-corrected chi connectivity index (χ0v) is 14.5. The van der Waals surface area contributed by atoms with E-state index in [1.165, 1.54) is 19.3 Å². The van der Waals surface area contributed by atoms with E-state index in [4.69, 9.17) is 10.00 Å². The lowest BCUT2D eigenvalue weighted by Gasteiger charge is -2.56. The Bertz CT molecular complexity index is 708. The van der Waals surface area contributed by atoms with Gasteiger partial charge < -0.3 is 4.74 Å². The molecule has 1 atom stereocenters. The molecule has 0 unspecified atom stereocenters. The van der Waals surface area contributed by atoms with Crippen molar-refractivity contribution in [3.63, 3.8) is 0 Å². The number of esters is 1. The molecule has 0 spiro atoms. The Labute approximate surface area is 148 Å². The maximum absolute atomic E-state index is 13.1. The van der Waals surface area contributed by atoms with Gasteiger partial charge in [-0.15, -0.1) is 0 Å². The van der Waals surface area contributed by atoms with Crippen molar-refractivity contribution in [2.24, 2.45) is 23.2 Å². The second-order valence-electron chi connectivity index (χ2n) is 8.30. The van der Waals surface area contributed by atoms with Gasteiger partial charge >= 0.3 is 5.97 Å². The van der Waals surface area contributed by atoms with Gasteiger partial charge in [-0.05, 0) is 87.5 Å². The zero-order valence-electron chi connectivity index (χ0n) is 14.5. The minimum absolute atomic E-state index is 0.119. The highest BCUT2D eigenvalue weighted by Gasteiger charge is 2.55. The van der Waals surface area contributed by atoms with Crippen molar-refractivity contribution < 1.29 is 14.3 Å². The number of benzene rings is 1. The Kier molecular flexibility index (Phi) is 3.91. The molecule has 0 aliphatic heterocycles. The summed E-state index contributed by atoms with van der Waals surface area (Å²) in [4.78, 5) is 25.5. The van der Waals surface area contributed by atoms with E-state index in [-0.39, 0.29) is 11.2 Å². The number of ether oxygens (including phenoxy) is 1. The second kappa shape index (κ2) is 5.98. The lowest BCUT2D eigenvalue weighted by molar-refractivity contribution is -0.152. The van der Waals surface area contributed by atoms with E-state index in [2.05, 4.69) is 0 Å². The van der Waals surface area contributed by atoms with Crippen molar-refractivity contribution in [1.29, 1.82) is 5.26 Å². The molecule has 0 aromatic heterocycles. The predicted molar refractivity (Wildman–Crippen MR) is 91.6 cm³/mol. The number of carbonyl (C=O) groups excluding carboxylic acids is 2. The highest BCUT2D eigenvalue weighted by Crippen LogP contribution is 2.60. The van der Waals surface area contributed by atoms with Crippen LogP contribution in [0.25, 0.3) is 0 Å². The third-order valence-electron chi connectivity index (χ3n) is 6.46. The number of Topliss-reactive ketones (excluding diaryl/α,β-unsaturated/α-hetero) is 1. The fraction of sp³-hybridized carbons (Fsp3) is 0.571. The number of nitrogens with zero attached hydrogens (tertiary/aromatic N) is 1. The lowest BCUT2D eigenvalue weighted by atomic mass is 9.48. The summed E-state index contributed by atoms with van der Waals surface area (Å²) in [6.45, 7) is 1.71. The van der Waals surface area contributed by atoms with Gasteiger partial charge in [0.1, 0.15) is 0 Å². The molecule has 4 nitrogen and oxygen atoms in total. The van der Waals surface area contributed by atoms with Gasteiger partial charge in [0.05, 0.1) is 17.2 Å². The van der Waals surface area contributed by atoms with Gasteiger partial charge in [-0.3, -0.25) is 4.79 Å². The summed E-state index contributed by atoms with van der Waals surface area (Å²) in [7, 11) is 0. The number of nitriles is 1. The first kappa shape index (κ1) is 16.3. The summed E-state index contributed by atoms with van der Waals surface area (Å²) in [5, 5.41) is 8.83. The topological polar surface area (TPSA) is 67.2 Å². The Morgan fingerprint density at radius 3 is 2.08 bits per heavy atom. The third kappa shape index (κ3) is 2.86. The van der Waals surface area contributed by atoms with Crippen LogP contribution in [0.15, 0.2) is 24.3 Å². The molecular weight excluding hydrogens is 314 g/mol. The largest absolute Gasteiger partial charge is 0.451 e. The van der Waals surface area contributed by atoms with Crippen LogP contribution in [0.2, 0.25) is 0 Å². The Balaban J connectivity index is 1.45. The van der Waals surface area contributed by atoms with Crippen LogP contribution in [0.4, 0.5) is 0 Å². The zero-order chi connectivity index (χ0) is 17.6. The van der Waals surface area contributed by atoms with Crippen LogP contribution in [-0.2, 0) is 9.53 Å². The Morgan fingerprint density at radius 2 is 1.60 bits per heavy atom. The molecular formula is C21H23NO3. The standard InChI is InChI=1S/C21H23NO3/c1-13(25-20(24)18-4-2-14(12-22)3-5-18)19(23)21-9-15-6-16(10-21)8-17(7-15)11-21/h2-5,13,15-17H,6-11H2,1H3/t13-,15?,16?,17?,21?/m1/s1. The average molecular weight is 337 g/mol. The first-order chi connectivity index (χ1) is 12.0. The quantitative estimate of drug-likeness (QED) is 0.782. The van der Waals surface area contributed by atoms with Crippen molar-refractivity contribution in [3.05, 3.63) is 35.4 Å². The molecule has 0 N–H and O–H groups in total. The SMILES string of the molecule is C[C@@H](OC(=O)c1ccc(C#N)cc1)C(=O)C12CC3CC(CC(C3)C1)C2. The van der Waals surface area contributed by atoms with E-state index in [0.717, 1.165) is 19.3 Å². The van der Waals surface area contributed by atoms with E-state index in [1.807, 2.05) is 6.07 Å². The van der Waals surface area contributed by atoms with E-state index in [0.29, 0.717) is 28.9 Å². The Morgan fingerprint density at radius 1 is 1.08 bits per heavy atom. The van der Waals surface area contributed by atoms with Crippen molar-refractivity contribution in [2.75, 3.05) is 0 Å².